The van der Waals surface area contributed by atoms with Crippen molar-refractivity contribution < 1.29 is 4.79 Å². The monoisotopic (exact) mass is 329 g/mol. The summed E-state index contributed by atoms with van der Waals surface area (Å²) in [5.41, 5.74) is 2.81. The SMILES string of the molecule is CCn1nc(C)c2c(C(=O)Nc3ccc(Cl)cn3)cc(C)nc21. The number of amides is 1. The molecule has 0 spiro atoms. The first-order valence-corrected chi connectivity index (χ1v) is 7.65. The number of halogens is 1. The van der Waals surface area contributed by atoms with Gasteiger partial charge in [-0.05, 0) is 39.0 Å². The number of anilines is 1. The molecular weight excluding hydrogens is 314 g/mol. The van der Waals surface area contributed by atoms with Crippen LogP contribution in [0.3, 0.4) is 0 Å². The number of nitrogens with zero attached hydrogens (tertiary/aromatic N) is 4. The summed E-state index contributed by atoms with van der Waals surface area (Å²) in [5.74, 6) is 0.205. The molecule has 0 aromatic carbocycles. The van der Waals surface area contributed by atoms with Crippen molar-refractivity contribution in [3.8, 4) is 0 Å². The average molecular weight is 330 g/mol. The lowest BCUT2D eigenvalue weighted by Gasteiger charge is -2.07. The Kier molecular flexibility index (Phi) is 4.00. The first-order chi connectivity index (χ1) is 11.0. The predicted octanol–water partition coefficient (Wildman–Crippen LogP) is 3.37. The Balaban J connectivity index is 2.06. The van der Waals surface area contributed by atoms with E-state index in [9.17, 15) is 4.79 Å². The van der Waals surface area contributed by atoms with Crippen molar-refractivity contribution in [3.63, 3.8) is 0 Å². The molecule has 0 fully saturated rings. The maximum absolute atomic E-state index is 12.7. The Bertz CT molecular complexity index is 886. The molecule has 0 atom stereocenters. The molecule has 118 valence electrons. The largest absolute Gasteiger partial charge is 0.307 e. The zero-order valence-electron chi connectivity index (χ0n) is 13.1. The summed E-state index contributed by atoms with van der Waals surface area (Å²) >= 11 is 5.81. The lowest BCUT2D eigenvalue weighted by Crippen LogP contribution is -2.14. The first kappa shape index (κ1) is 15.4. The maximum Gasteiger partial charge on any atom is 0.257 e. The maximum atomic E-state index is 12.7. The van der Waals surface area contributed by atoms with Gasteiger partial charge in [0.1, 0.15) is 5.82 Å². The molecular formula is C16H16ClN5O. The van der Waals surface area contributed by atoms with E-state index in [0.717, 1.165) is 22.4 Å². The molecule has 1 amide bonds. The van der Waals surface area contributed by atoms with Crippen molar-refractivity contribution in [2.24, 2.45) is 0 Å². The zero-order valence-corrected chi connectivity index (χ0v) is 13.8. The third-order valence-corrected chi connectivity index (χ3v) is 3.74. The minimum Gasteiger partial charge on any atom is -0.307 e. The Morgan fingerprint density at radius 1 is 1.35 bits per heavy atom. The van der Waals surface area contributed by atoms with Crippen molar-refractivity contribution in [1.29, 1.82) is 0 Å². The van der Waals surface area contributed by atoms with E-state index in [2.05, 4.69) is 20.4 Å². The summed E-state index contributed by atoms with van der Waals surface area (Å²) < 4.78 is 1.80. The van der Waals surface area contributed by atoms with E-state index in [1.54, 1.807) is 22.9 Å². The van der Waals surface area contributed by atoms with E-state index in [-0.39, 0.29) is 5.91 Å². The van der Waals surface area contributed by atoms with E-state index in [1.165, 1.54) is 6.20 Å². The normalized spacial score (nSPS) is 11.0. The van der Waals surface area contributed by atoms with Crippen molar-refractivity contribution in [2.45, 2.75) is 27.3 Å². The number of rotatable bonds is 3. The fourth-order valence-corrected chi connectivity index (χ4v) is 2.62. The van der Waals surface area contributed by atoms with Crippen molar-refractivity contribution in [1.82, 2.24) is 19.7 Å². The standard InChI is InChI=1S/C16H16ClN5O/c1-4-22-15-14(10(3)21-22)12(7-9(2)19-15)16(23)20-13-6-5-11(17)8-18-13/h5-8H,4H2,1-3H3,(H,18,20,23). The van der Waals surface area contributed by atoms with Crippen LogP contribution in [0, 0.1) is 13.8 Å². The molecule has 0 radical (unpaired) electrons. The van der Waals surface area contributed by atoms with Gasteiger partial charge in [-0.3, -0.25) is 4.79 Å². The molecule has 3 heterocycles. The molecule has 1 N–H and O–H groups in total. The Morgan fingerprint density at radius 3 is 2.78 bits per heavy atom. The van der Waals surface area contributed by atoms with E-state index >= 15 is 0 Å². The number of nitrogens with one attached hydrogen (secondary N) is 1. The highest BCUT2D eigenvalue weighted by Crippen LogP contribution is 2.23. The minimum atomic E-state index is -0.242. The third-order valence-electron chi connectivity index (χ3n) is 3.52. The molecule has 0 aliphatic rings. The third kappa shape index (κ3) is 2.90. The molecule has 0 saturated heterocycles. The number of hydrogen-bond donors (Lipinski definition) is 1. The smallest absolute Gasteiger partial charge is 0.257 e. The van der Waals surface area contributed by atoms with Gasteiger partial charge in [0.05, 0.1) is 21.7 Å². The fraction of sp³-hybridized carbons (Fsp3) is 0.250. The van der Waals surface area contributed by atoms with Crippen LogP contribution in [-0.4, -0.2) is 25.7 Å². The molecule has 7 heteroatoms. The van der Waals surface area contributed by atoms with Gasteiger partial charge >= 0.3 is 0 Å². The molecule has 3 rings (SSSR count). The lowest BCUT2D eigenvalue weighted by atomic mass is 10.1. The molecule has 23 heavy (non-hydrogen) atoms. The zero-order chi connectivity index (χ0) is 16.6. The first-order valence-electron chi connectivity index (χ1n) is 7.27. The Labute approximate surface area is 138 Å². The van der Waals surface area contributed by atoms with Crippen LogP contribution in [-0.2, 0) is 6.54 Å². The number of carbonyl (C=O) groups is 1. The highest BCUT2D eigenvalue weighted by atomic mass is 35.5. The summed E-state index contributed by atoms with van der Waals surface area (Å²) in [6.07, 6.45) is 1.49. The van der Waals surface area contributed by atoms with E-state index in [4.69, 9.17) is 11.6 Å². The number of carbonyl (C=O) groups excluding carboxylic acids is 1. The second-order valence-electron chi connectivity index (χ2n) is 5.23. The second kappa shape index (κ2) is 5.96. The van der Waals surface area contributed by atoms with E-state index in [1.807, 2.05) is 20.8 Å². The highest BCUT2D eigenvalue weighted by Gasteiger charge is 2.18. The van der Waals surface area contributed by atoms with Crippen molar-refractivity contribution in [3.05, 3.63) is 46.4 Å². The van der Waals surface area contributed by atoms with E-state index in [0.29, 0.717) is 22.9 Å². The second-order valence-corrected chi connectivity index (χ2v) is 5.66. The highest BCUT2D eigenvalue weighted by molar-refractivity contribution is 6.30. The van der Waals surface area contributed by atoms with Crippen LogP contribution in [0.15, 0.2) is 24.4 Å². The molecule has 0 aliphatic carbocycles. The molecule has 0 bridgehead atoms. The number of aryl methyl sites for hydroxylation is 3. The van der Waals surface area contributed by atoms with Crippen LogP contribution >= 0.6 is 11.6 Å². The number of hydrogen-bond acceptors (Lipinski definition) is 4. The fourth-order valence-electron chi connectivity index (χ4n) is 2.51. The van der Waals surface area contributed by atoms with Gasteiger partial charge in [0.2, 0.25) is 0 Å². The van der Waals surface area contributed by atoms with Crippen LogP contribution in [0.2, 0.25) is 5.02 Å². The summed E-state index contributed by atoms with van der Waals surface area (Å²) in [6, 6.07) is 5.11. The van der Waals surface area contributed by atoms with Gasteiger partial charge < -0.3 is 5.32 Å². The number of pyridine rings is 2. The quantitative estimate of drug-likeness (QED) is 0.799. The van der Waals surface area contributed by atoms with Gasteiger partial charge in [-0.25, -0.2) is 14.6 Å². The van der Waals surface area contributed by atoms with Crippen LogP contribution in [0.5, 0.6) is 0 Å². The van der Waals surface area contributed by atoms with Gasteiger partial charge in [-0.1, -0.05) is 11.6 Å². The summed E-state index contributed by atoms with van der Waals surface area (Å²) in [7, 11) is 0. The summed E-state index contributed by atoms with van der Waals surface area (Å²) in [6.45, 7) is 6.43. The van der Waals surface area contributed by atoms with E-state index < -0.39 is 0 Å². The molecule has 3 aromatic heterocycles. The van der Waals surface area contributed by atoms with Crippen LogP contribution in [0.25, 0.3) is 11.0 Å². The lowest BCUT2D eigenvalue weighted by molar-refractivity contribution is 0.102. The van der Waals surface area contributed by atoms with Crippen LogP contribution in [0.1, 0.15) is 28.7 Å². The van der Waals surface area contributed by atoms with Crippen LogP contribution in [0.4, 0.5) is 5.82 Å². The Morgan fingerprint density at radius 2 is 2.13 bits per heavy atom. The Hall–Kier alpha value is -2.47. The predicted molar refractivity (Wildman–Crippen MR) is 89.9 cm³/mol. The van der Waals surface area contributed by atoms with Gasteiger partial charge in [-0.15, -0.1) is 0 Å². The summed E-state index contributed by atoms with van der Waals surface area (Å²) in [5, 5.41) is 8.52. The van der Waals surface area contributed by atoms with Gasteiger partial charge in [0, 0.05) is 18.4 Å². The number of fused-ring (bicyclic) bond motifs is 1. The minimum absolute atomic E-state index is 0.242. The molecule has 0 aliphatic heterocycles. The number of aromatic nitrogens is 4. The molecule has 0 unspecified atom stereocenters. The van der Waals surface area contributed by atoms with Gasteiger partial charge in [-0.2, -0.15) is 5.10 Å². The molecule has 6 nitrogen and oxygen atoms in total. The van der Waals surface area contributed by atoms with Crippen molar-refractivity contribution >= 4 is 34.4 Å². The van der Waals surface area contributed by atoms with Gasteiger partial charge in [0.25, 0.3) is 5.91 Å². The van der Waals surface area contributed by atoms with Crippen LogP contribution < -0.4 is 5.32 Å². The molecule has 3 aromatic rings. The van der Waals surface area contributed by atoms with Gasteiger partial charge in [0.15, 0.2) is 5.65 Å². The van der Waals surface area contributed by atoms with Crippen molar-refractivity contribution in [2.75, 3.05) is 5.32 Å². The molecule has 0 saturated carbocycles. The topological polar surface area (TPSA) is 72.7 Å². The summed E-state index contributed by atoms with van der Waals surface area (Å²) in [4.78, 5) is 21.3. The average Bonchev–Trinajstić information content (AvgIpc) is 2.84.